The Labute approximate surface area is 133 Å². The van der Waals surface area contributed by atoms with E-state index in [-0.39, 0.29) is 23.5 Å². The van der Waals surface area contributed by atoms with Gasteiger partial charge in [-0.25, -0.2) is 0 Å². The van der Waals surface area contributed by atoms with E-state index in [4.69, 9.17) is 0 Å². The molecule has 0 saturated heterocycles. The molecule has 0 aromatic heterocycles. The molecular formula is C18H27O3P. The molecule has 2 fully saturated rings. The summed E-state index contributed by atoms with van der Waals surface area (Å²) in [7, 11) is -2.50. The third kappa shape index (κ3) is 3.18. The third-order valence-electron chi connectivity index (χ3n) is 5.58. The quantitative estimate of drug-likeness (QED) is 0.840. The Bertz CT molecular complexity index is 488. The number of aliphatic hydroxyl groups is 2. The Morgan fingerprint density at radius 1 is 0.727 bits per heavy atom. The number of aliphatic hydroxyl groups excluding tert-OH is 2. The lowest BCUT2D eigenvalue weighted by Crippen LogP contribution is -2.33. The molecule has 0 aliphatic heterocycles. The molecule has 4 heteroatoms. The fraction of sp³-hybridized carbons (Fsp3) is 0.667. The van der Waals surface area contributed by atoms with Crippen molar-refractivity contribution in [1.29, 1.82) is 0 Å². The molecular weight excluding hydrogens is 295 g/mol. The van der Waals surface area contributed by atoms with Crippen LogP contribution in [-0.4, -0.2) is 33.7 Å². The van der Waals surface area contributed by atoms with Gasteiger partial charge in [0.2, 0.25) is 0 Å². The maximum absolute atomic E-state index is 14.2. The minimum atomic E-state index is -2.50. The maximum Gasteiger partial charge on any atom is 0.121 e. The Balaban J connectivity index is 1.90. The van der Waals surface area contributed by atoms with Gasteiger partial charge in [-0.05, 0) is 51.4 Å². The van der Waals surface area contributed by atoms with E-state index in [0.717, 1.165) is 56.7 Å². The van der Waals surface area contributed by atoms with Gasteiger partial charge in [0, 0.05) is 16.6 Å². The molecule has 3 rings (SSSR count). The molecule has 2 N–H and O–H groups in total. The van der Waals surface area contributed by atoms with Crippen molar-refractivity contribution in [1.82, 2.24) is 0 Å². The predicted octanol–water partition coefficient (Wildman–Crippen LogP) is 3.28. The zero-order chi connectivity index (χ0) is 15.6. The second kappa shape index (κ2) is 6.86. The largest absolute Gasteiger partial charge is 0.393 e. The topological polar surface area (TPSA) is 57.5 Å². The fourth-order valence-electron chi connectivity index (χ4n) is 4.26. The average Bonchev–Trinajstić information content (AvgIpc) is 2.56. The van der Waals surface area contributed by atoms with Crippen molar-refractivity contribution in [2.45, 2.75) is 74.9 Å². The molecule has 2 aliphatic rings. The second-order valence-corrected chi connectivity index (χ2v) is 10.4. The van der Waals surface area contributed by atoms with Crippen molar-refractivity contribution in [2.24, 2.45) is 0 Å². The van der Waals surface area contributed by atoms with Crippen LogP contribution in [0.2, 0.25) is 0 Å². The van der Waals surface area contributed by atoms with Crippen LogP contribution in [0.15, 0.2) is 30.3 Å². The van der Waals surface area contributed by atoms with Gasteiger partial charge in [-0.15, -0.1) is 0 Å². The zero-order valence-electron chi connectivity index (χ0n) is 13.1. The second-order valence-electron chi connectivity index (χ2n) is 6.97. The molecule has 3 nitrogen and oxygen atoms in total. The van der Waals surface area contributed by atoms with Crippen LogP contribution in [0.5, 0.6) is 0 Å². The van der Waals surface area contributed by atoms with E-state index in [0.29, 0.717) is 0 Å². The van der Waals surface area contributed by atoms with Gasteiger partial charge >= 0.3 is 0 Å². The number of benzene rings is 1. The Kier molecular flexibility index (Phi) is 5.07. The van der Waals surface area contributed by atoms with Crippen molar-refractivity contribution in [3.8, 4) is 0 Å². The van der Waals surface area contributed by atoms with Gasteiger partial charge in [-0.3, -0.25) is 0 Å². The van der Waals surface area contributed by atoms with Gasteiger partial charge in [0.05, 0.1) is 12.2 Å². The van der Waals surface area contributed by atoms with Crippen LogP contribution in [0, 0.1) is 0 Å². The van der Waals surface area contributed by atoms with E-state index in [1.165, 1.54) is 0 Å². The van der Waals surface area contributed by atoms with Gasteiger partial charge in [0.25, 0.3) is 0 Å². The summed E-state index contributed by atoms with van der Waals surface area (Å²) in [6.45, 7) is 0. The summed E-state index contributed by atoms with van der Waals surface area (Å²) in [5, 5.41) is 20.6. The molecule has 2 aliphatic carbocycles. The maximum atomic E-state index is 14.2. The molecule has 0 heterocycles. The van der Waals surface area contributed by atoms with Crippen molar-refractivity contribution in [3.05, 3.63) is 30.3 Å². The first-order valence-electron chi connectivity index (χ1n) is 8.62. The van der Waals surface area contributed by atoms with Crippen LogP contribution in [0.1, 0.15) is 51.4 Å². The summed E-state index contributed by atoms with van der Waals surface area (Å²) in [6, 6.07) is 9.99. The normalized spacial score (nSPS) is 35.7. The molecule has 0 radical (unpaired) electrons. The summed E-state index contributed by atoms with van der Waals surface area (Å²) < 4.78 is 14.2. The lowest BCUT2D eigenvalue weighted by atomic mass is 9.97. The van der Waals surface area contributed by atoms with E-state index in [9.17, 15) is 14.8 Å². The highest BCUT2D eigenvalue weighted by Crippen LogP contribution is 2.61. The minimum absolute atomic E-state index is 0.207. The molecule has 0 spiro atoms. The summed E-state index contributed by atoms with van der Waals surface area (Å²) in [4.78, 5) is 0. The predicted molar refractivity (Wildman–Crippen MR) is 90.2 cm³/mol. The lowest BCUT2D eigenvalue weighted by Gasteiger charge is -2.40. The Morgan fingerprint density at radius 3 is 1.55 bits per heavy atom. The van der Waals surface area contributed by atoms with E-state index in [1.807, 2.05) is 30.3 Å². The van der Waals surface area contributed by atoms with Gasteiger partial charge in [-0.1, -0.05) is 30.3 Å². The molecule has 1 aromatic rings. The van der Waals surface area contributed by atoms with Crippen molar-refractivity contribution in [2.75, 3.05) is 0 Å². The number of hydrogen-bond acceptors (Lipinski definition) is 3. The monoisotopic (exact) mass is 322 g/mol. The van der Waals surface area contributed by atoms with Crippen LogP contribution in [0.3, 0.4) is 0 Å². The van der Waals surface area contributed by atoms with Crippen molar-refractivity contribution in [3.63, 3.8) is 0 Å². The van der Waals surface area contributed by atoms with Crippen LogP contribution in [0.4, 0.5) is 0 Å². The van der Waals surface area contributed by atoms with E-state index in [2.05, 4.69) is 0 Å². The van der Waals surface area contributed by atoms with Gasteiger partial charge in [0.1, 0.15) is 7.14 Å². The van der Waals surface area contributed by atoms with E-state index < -0.39 is 7.14 Å². The lowest BCUT2D eigenvalue weighted by molar-refractivity contribution is 0.127. The highest BCUT2D eigenvalue weighted by molar-refractivity contribution is 7.73. The molecule has 0 bridgehead atoms. The Morgan fingerprint density at radius 2 is 1.14 bits per heavy atom. The standard InChI is InChI=1S/C18H27O3P/c19-14-6-10-17(11-7-14)22(21,16-4-2-1-3-5-16)18-12-8-15(20)9-13-18/h1-5,14-15,17-20H,6-13H2. The first-order valence-corrected chi connectivity index (χ1v) is 10.5. The summed E-state index contributed by atoms with van der Waals surface area (Å²) in [5.41, 5.74) is 0.414. The van der Waals surface area contributed by atoms with Crippen LogP contribution in [-0.2, 0) is 4.57 Å². The van der Waals surface area contributed by atoms with Gasteiger partial charge in [-0.2, -0.15) is 0 Å². The molecule has 2 saturated carbocycles. The van der Waals surface area contributed by atoms with Crippen molar-refractivity contribution >= 4 is 12.4 Å². The van der Waals surface area contributed by atoms with Crippen LogP contribution >= 0.6 is 7.14 Å². The minimum Gasteiger partial charge on any atom is -0.393 e. The molecule has 0 atom stereocenters. The third-order valence-corrected chi connectivity index (χ3v) is 9.89. The zero-order valence-corrected chi connectivity index (χ0v) is 14.0. The smallest absolute Gasteiger partial charge is 0.121 e. The van der Waals surface area contributed by atoms with Crippen LogP contribution in [0.25, 0.3) is 0 Å². The molecule has 1 aromatic carbocycles. The van der Waals surface area contributed by atoms with Gasteiger partial charge < -0.3 is 14.8 Å². The Hall–Kier alpha value is -0.630. The summed E-state index contributed by atoms with van der Waals surface area (Å²) in [6.07, 6.45) is 6.14. The highest BCUT2D eigenvalue weighted by atomic mass is 31.2. The molecule has 122 valence electrons. The van der Waals surface area contributed by atoms with Crippen molar-refractivity contribution < 1.29 is 14.8 Å². The highest BCUT2D eigenvalue weighted by Gasteiger charge is 2.44. The average molecular weight is 322 g/mol. The summed E-state index contributed by atoms with van der Waals surface area (Å²) in [5.74, 6) is 0. The number of rotatable bonds is 3. The first-order chi connectivity index (χ1) is 10.6. The SMILES string of the molecule is O=P(c1ccccc1)(C1CCC(O)CC1)C1CCC(O)CC1. The van der Waals surface area contributed by atoms with Crippen LogP contribution < -0.4 is 5.30 Å². The summed E-state index contributed by atoms with van der Waals surface area (Å²) >= 11 is 0. The van der Waals surface area contributed by atoms with E-state index >= 15 is 0 Å². The molecule has 0 amide bonds. The molecule has 0 unspecified atom stereocenters. The van der Waals surface area contributed by atoms with E-state index in [1.54, 1.807) is 0 Å². The van der Waals surface area contributed by atoms with Gasteiger partial charge in [0.15, 0.2) is 0 Å². The number of hydrogen-bond donors (Lipinski definition) is 2. The molecule has 22 heavy (non-hydrogen) atoms. The fourth-order valence-corrected chi connectivity index (χ4v) is 8.47. The first kappa shape index (κ1) is 16.2.